The number of esters is 1. The van der Waals surface area contributed by atoms with Gasteiger partial charge in [0.1, 0.15) is 5.75 Å². The van der Waals surface area contributed by atoms with Crippen molar-refractivity contribution in [3.8, 4) is 5.75 Å². The normalized spacial score (nSPS) is 17.3. The van der Waals surface area contributed by atoms with Gasteiger partial charge in [0.2, 0.25) is 5.91 Å². The molecule has 0 unspecified atom stereocenters. The van der Waals surface area contributed by atoms with Crippen LogP contribution in [0.15, 0.2) is 35.9 Å². The van der Waals surface area contributed by atoms with Crippen molar-refractivity contribution in [1.82, 2.24) is 10.2 Å². The molecule has 1 saturated heterocycles. The fourth-order valence-electron chi connectivity index (χ4n) is 3.84. The molecule has 28 heavy (non-hydrogen) atoms. The molecule has 6 heteroatoms. The van der Waals surface area contributed by atoms with Gasteiger partial charge >= 0.3 is 5.97 Å². The summed E-state index contributed by atoms with van der Waals surface area (Å²) in [4.78, 5) is 37.6. The van der Waals surface area contributed by atoms with Crippen molar-refractivity contribution in [1.29, 1.82) is 0 Å². The highest BCUT2D eigenvalue weighted by atomic mass is 16.5. The number of benzene rings is 1. The van der Waals surface area contributed by atoms with E-state index in [1.165, 1.54) is 25.3 Å². The molecule has 3 rings (SSSR count). The van der Waals surface area contributed by atoms with Gasteiger partial charge in [-0.2, -0.15) is 0 Å². The number of ether oxygens (including phenoxy) is 1. The third-order valence-electron chi connectivity index (χ3n) is 5.39. The quantitative estimate of drug-likeness (QED) is 0.481. The second-order valence-corrected chi connectivity index (χ2v) is 7.61. The number of nitrogens with one attached hydrogen (secondary N) is 1. The number of rotatable bonds is 5. The third-order valence-corrected chi connectivity index (χ3v) is 5.39. The average Bonchev–Trinajstić information content (AvgIpc) is 3.19. The Labute approximate surface area is 165 Å². The molecule has 1 N–H and O–H groups in total. The van der Waals surface area contributed by atoms with E-state index in [-0.39, 0.29) is 11.8 Å². The molecule has 0 aromatic heterocycles. The molecule has 6 nitrogen and oxygen atoms in total. The highest BCUT2D eigenvalue weighted by molar-refractivity contribution is 5.94. The summed E-state index contributed by atoms with van der Waals surface area (Å²) in [5.74, 6) is 0.325. The van der Waals surface area contributed by atoms with E-state index < -0.39 is 5.97 Å². The fraction of sp³-hybridized carbons (Fsp3) is 0.500. The smallest absolute Gasteiger partial charge is 0.308 e. The third kappa shape index (κ3) is 5.68. The van der Waals surface area contributed by atoms with Crippen LogP contribution in [-0.4, -0.2) is 42.3 Å². The Morgan fingerprint density at radius 2 is 1.89 bits per heavy atom. The van der Waals surface area contributed by atoms with Crippen molar-refractivity contribution >= 4 is 17.8 Å². The van der Waals surface area contributed by atoms with Crippen LogP contribution in [0.5, 0.6) is 5.75 Å². The van der Waals surface area contributed by atoms with E-state index in [4.69, 9.17) is 4.74 Å². The van der Waals surface area contributed by atoms with E-state index in [2.05, 4.69) is 5.32 Å². The number of hydrogen-bond acceptors (Lipinski definition) is 4. The molecule has 150 valence electrons. The molecule has 1 aromatic carbocycles. The summed E-state index contributed by atoms with van der Waals surface area (Å²) in [6, 6.07) is 6.71. The largest absolute Gasteiger partial charge is 0.427 e. The van der Waals surface area contributed by atoms with Gasteiger partial charge in [0, 0.05) is 38.2 Å². The van der Waals surface area contributed by atoms with Gasteiger partial charge in [0.25, 0.3) is 5.91 Å². The highest BCUT2D eigenvalue weighted by Gasteiger charge is 2.24. The summed E-state index contributed by atoms with van der Waals surface area (Å²) in [5.41, 5.74) is 1.78. The van der Waals surface area contributed by atoms with Crippen molar-refractivity contribution in [2.24, 2.45) is 5.92 Å². The zero-order valence-corrected chi connectivity index (χ0v) is 16.4. The van der Waals surface area contributed by atoms with Crippen molar-refractivity contribution in [3.63, 3.8) is 0 Å². The molecule has 0 bridgehead atoms. The van der Waals surface area contributed by atoms with Crippen LogP contribution in [0.2, 0.25) is 0 Å². The lowest BCUT2D eigenvalue weighted by Crippen LogP contribution is -2.41. The number of carbonyl (C=O) groups excluding carboxylic acids is 3. The molecule has 0 spiro atoms. The first-order valence-corrected chi connectivity index (χ1v) is 10.1. The maximum absolute atomic E-state index is 12.7. The molecule has 1 aliphatic heterocycles. The predicted octanol–water partition coefficient (Wildman–Crippen LogP) is 3.08. The zero-order valence-electron chi connectivity index (χ0n) is 16.4. The van der Waals surface area contributed by atoms with Crippen molar-refractivity contribution < 1.29 is 19.1 Å². The second kappa shape index (κ2) is 9.53. The van der Waals surface area contributed by atoms with E-state index in [0.717, 1.165) is 25.7 Å². The van der Waals surface area contributed by atoms with Crippen LogP contribution in [0.25, 0.3) is 0 Å². The van der Waals surface area contributed by atoms with Gasteiger partial charge in [-0.1, -0.05) is 11.6 Å². The lowest BCUT2D eigenvalue weighted by molar-refractivity contribution is -0.131. The van der Waals surface area contributed by atoms with Gasteiger partial charge in [0.05, 0.1) is 0 Å². The number of nitrogens with zero attached hydrogens (tertiary/aromatic N) is 1. The number of likely N-dealkylation sites (tertiary alicyclic amines) is 1. The molecule has 0 atom stereocenters. The van der Waals surface area contributed by atoms with Crippen molar-refractivity contribution in [3.05, 3.63) is 41.5 Å². The van der Waals surface area contributed by atoms with Crippen molar-refractivity contribution in [2.45, 2.75) is 45.4 Å². The zero-order chi connectivity index (χ0) is 19.9. The van der Waals surface area contributed by atoms with Gasteiger partial charge in [0.15, 0.2) is 0 Å². The number of carbonyl (C=O) groups is 3. The van der Waals surface area contributed by atoms with Crippen LogP contribution in [0.3, 0.4) is 0 Å². The topological polar surface area (TPSA) is 75.7 Å². The lowest BCUT2D eigenvalue weighted by atomic mass is 9.96. The molecule has 2 aliphatic rings. The minimum absolute atomic E-state index is 0.0118. The minimum Gasteiger partial charge on any atom is -0.427 e. The number of allylic oxidation sites excluding steroid dienone is 1. The molecule has 0 radical (unpaired) electrons. The van der Waals surface area contributed by atoms with Gasteiger partial charge in [-0.05, 0) is 62.6 Å². The maximum Gasteiger partial charge on any atom is 0.308 e. The van der Waals surface area contributed by atoms with Crippen LogP contribution in [0, 0.1) is 5.92 Å². The first-order chi connectivity index (χ1) is 13.5. The molecular formula is C22H28N2O4. The predicted molar refractivity (Wildman–Crippen MR) is 106 cm³/mol. The van der Waals surface area contributed by atoms with Crippen LogP contribution in [-0.2, 0) is 9.59 Å². The number of amides is 2. The summed E-state index contributed by atoms with van der Waals surface area (Å²) in [6.07, 6.45) is 7.98. The maximum atomic E-state index is 12.7. The summed E-state index contributed by atoms with van der Waals surface area (Å²) < 4.78 is 5.06. The number of piperidine rings is 1. The molecule has 2 fully saturated rings. The van der Waals surface area contributed by atoms with E-state index in [0.29, 0.717) is 36.9 Å². The summed E-state index contributed by atoms with van der Waals surface area (Å²) in [7, 11) is 0. The highest BCUT2D eigenvalue weighted by Crippen LogP contribution is 2.23. The molecular weight excluding hydrogens is 356 g/mol. The molecule has 1 aromatic rings. The Balaban J connectivity index is 1.45. The molecule has 2 amide bonds. The molecule has 1 saturated carbocycles. The Morgan fingerprint density at radius 3 is 2.57 bits per heavy atom. The first-order valence-electron chi connectivity index (χ1n) is 10.1. The van der Waals surface area contributed by atoms with Crippen LogP contribution in [0.1, 0.15) is 55.8 Å². The number of hydrogen-bond donors (Lipinski definition) is 1. The minimum atomic E-state index is -0.406. The summed E-state index contributed by atoms with van der Waals surface area (Å²) >= 11 is 0. The Hall–Kier alpha value is -2.63. The van der Waals surface area contributed by atoms with Crippen molar-refractivity contribution in [2.75, 3.05) is 19.6 Å². The summed E-state index contributed by atoms with van der Waals surface area (Å²) in [6.45, 7) is 3.32. The monoisotopic (exact) mass is 384 g/mol. The van der Waals surface area contributed by atoms with E-state index in [9.17, 15) is 14.4 Å². The van der Waals surface area contributed by atoms with Gasteiger partial charge in [-0.3, -0.25) is 14.4 Å². The van der Waals surface area contributed by atoms with Gasteiger partial charge < -0.3 is 15.0 Å². The Kier molecular flexibility index (Phi) is 6.85. The Bertz CT molecular complexity index is 756. The van der Waals surface area contributed by atoms with E-state index in [1.807, 2.05) is 4.90 Å². The molecule has 1 heterocycles. The Morgan fingerprint density at radius 1 is 1.18 bits per heavy atom. The van der Waals surface area contributed by atoms with Crippen LogP contribution >= 0.6 is 0 Å². The standard InChI is InChI=1S/C22H28N2O4/c1-16(25)28-20-8-4-7-19(14-20)22(27)24-11-9-18(10-12-24)15-23-21(26)13-17-5-2-3-6-17/h4,7-8,13-14,18H,2-3,5-6,9-12,15H2,1H3,(H,23,26). The van der Waals surface area contributed by atoms with Gasteiger partial charge in [-0.25, -0.2) is 0 Å². The fourth-order valence-corrected chi connectivity index (χ4v) is 3.84. The lowest BCUT2D eigenvalue weighted by Gasteiger charge is -2.32. The van der Waals surface area contributed by atoms with E-state index >= 15 is 0 Å². The second-order valence-electron chi connectivity index (χ2n) is 7.61. The van der Waals surface area contributed by atoms with Gasteiger partial charge in [-0.15, -0.1) is 0 Å². The average molecular weight is 384 g/mol. The van der Waals surface area contributed by atoms with E-state index in [1.54, 1.807) is 30.3 Å². The van der Waals surface area contributed by atoms with Crippen LogP contribution < -0.4 is 10.1 Å². The SMILES string of the molecule is CC(=O)Oc1cccc(C(=O)N2CCC(CNC(=O)C=C3CCCC3)CC2)c1. The first kappa shape index (κ1) is 20.1. The molecule has 1 aliphatic carbocycles. The van der Waals surface area contributed by atoms with Crippen LogP contribution in [0.4, 0.5) is 0 Å². The summed E-state index contributed by atoms with van der Waals surface area (Å²) in [5, 5.41) is 3.01.